The molecule has 0 bridgehead atoms. The van der Waals surface area contributed by atoms with Crippen LogP contribution < -0.4 is 4.74 Å². The van der Waals surface area contributed by atoms with E-state index in [1.165, 1.54) is 12.1 Å². The molecule has 2 aromatic rings. The van der Waals surface area contributed by atoms with Crippen LogP contribution in [0, 0.1) is 13.7 Å². The molecule has 2 rings (SSSR count). The Hall–Kier alpha value is -1.34. The minimum absolute atomic E-state index is 0.127. The molecule has 0 atom stereocenters. The Morgan fingerprint density at radius 1 is 1.21 bits per heavy atom. The lowest BCUT2D eigenvalue weighted by atomic mass is 10.2. The van der Waals surface area contributed by atoms with E-state index >= 15 is 0 Å². The number of rotatable bonds is 4. The lowest BCUT2D eigenvalue weighted by Crippen LogP contribution is -1.99. The SMILES string of the molecule is O=[N+]([O-])c1cc(Cl)ccc1OCc1ccc(I)cc1. The van der Waals surface area contributed by atoms with Crippen LogP contribution in [-0.2, 0) is 6.61 Å². The fourth-order valence-electron chi connectivity index (χ4n) is 1.50. The maximum absolute atomic E-state index is 10.9. The van der Waals surface area contributed by atoms with Crippen LogP contribution in [0.5, 0.6) is 5.75 Å². The summed E-state index contributed by atoms with van der Waals surface area (Å²) < 4.78 is 6.60. The van der Waals surface area contributed by atoms with Crippen LogP contribution in [0.15, 0.2) is 42.5 Å². The molecular weight excluding hydrogens is 381 g/mol. The molecule has 0 N–H and O–H groups in total. The Morgan fingerprint density at radius 2 is 1.89 bits per heavy atom. The highest BCUT2D eigenvalue weighted by Crippen LogP contribution is 2.30. The summed E-state index contributed by atoms with van der Waals surface area (Å²) in [5, 5.41) is 11.2. The molecule has 4 nitrogen and oxygen atoms in total. The van der Waals surface area contributed by atoms with E-state index in [0.29, 0.717) is 5.02 Å². The van der Waals surface area contributed by atoms with Gasteiger partial charge in [0.2, 0.25) is 0 Å². The van der Waals surface area contributed by atoms with Crippen molar-refractivity contribution in [2.45, 2.75) is 6.61 Å². The van der Waals surface area contributed by atoms with Gasteiger partial charge < -0.3 is 4.74 Å². The van der Waals surface area contributed by atoms with E-state index in [1.54, 1.807) is 6.07 Å². The van der Waals surface area contributed by atoms with Gasteiger partial charge in [0.15, 0.2) is 5.75 Å². The number of hydrogen-bond donors (Lipinski definition) is 0. The van der Waals surface area contributed by atoms with Crippen molar-refractivity contribution in [3.8, 4) is 5.75 Å². The van der Waals surface area contributed by atoms with Gasteiger partial charge in [0.25, 0.3) is 0 Å². The topological polar surface area (TPSA) is 52.4 Å². The molecule has 0 heterocycles. The summed E-state index contributed by atoms with van der Waals surface area (Å²) in [5.74, 6) is 0.216. The third-order valence-corrected chi connectivity index (χ3v) is 3.38. The van der Waals surface area contributed by atoms with Crippen molar-refractivity contribution < 1.29 is 9.66 Å². The highest BCUT2D eigenvalue weighted by molar-refractivity contribution is 14.1. The summed E-state index contributed by atoms with van der Waals surface area (Å²) in [7, 11) is 0. The highest BCUT2D eigenvalue weighted by Gasteiger charge is 2.15. The van der Waals surface area contributed by atoms with Crippen molar-refractivity contribution in [3.63, 3.8) is 0 Å². The zero-order valence-electron chi connectivity index (χ0n) is 9.68. The van der Waals surface area contributed by atoms with Gasteiger partial charge in [-0.15, -0.1) is 0 Å². The monoisotopic (exact) mass is 389 g/mol. The predicted molar refractivity (Wildman–Crippen MR) is 81.6 cm³/mol. The molecule has 0 radical (unpaired) electrons. The van der Waals surface area contributed by atoms with Crippen molar-refractivity contribution in [2.24, 2.45) is 0 Å². The molecular formula is C13H9ClINO3. The average Bonchev–Trinajstić information content (AvgIpc) is 2.39. The molecule has 2 aromatic carbocycles. The van der Waals surface area contributed by atoms with E-state index in [1.807, 2.05) is 24.3 Å². The van der Waals surface area contributed by atoms with E-state index in [4.69, 9.17) is 16.3 Å². The Labute approximate surface area is 128 Å². The molecule has 0 saturated carbocycles. The average molecular weight is 390 g/mol. The van der Waals surface area contributed by atoms with Gasteiger partial charge in [0.05, 0.1) is 4.92 Å². The molecule has 6 heteroatoms. The van der Waals surface area contributed by atoms with Crippen LogP contribution in [-0.4, -0.2) is 4.92 Å². The lowest BCUT2D eigenvalue weighted by molar-refractivity contribution is -0.385. The third kappa shape index (κ3) is 3.81. The smallest absolute Gasteiger partial charge is 0.312 e. The molecule has 0 unspecified atom stereocenters. The number of benzene rings is 2. The fraction of sp³-hybridized carbons (Fsp3) is 0.0769. The maximum atomic E-state index is 10.9. The van der Waals surface area contributed by atoms with Gasteiger partial charge in [0.1, 0.15) is 6.61 Å². The minimum Gasteiger partial charge on any atom is -0.482 e. The zero-order chi connectivity index (χ0) is 13.8. The van der Waals surface area contributed by atoms with Crippen LogP contribution in [0.1, 0.15) is 5.56 Å². The van der Waals surface area contributed by atoms with Crippen molar-refractivity contribution in [2.75, 3.05) is 0 Å². The molecule has 0 spiro atoms. The van der Waals surface area contributed by atoms with Crippen LogP contribution in [0.2, 0.25) is 5.02 Å². The molecule has 19 heavy (non-hydrogen) atoms. The summed E-state index contributed by atoms with van der Waals surface area (Å²) in [6.07, 6.45) is 0. The quantitative estimate of drug-likeness (QED) is 0.441. The second-order valence-electron chi connectivity index (χ2n) is 3.78. The van der Waals surface area contributed by atoms with E-state index < -0.39 is 4.92 Å². The van der Waals surface area contributed by atoms with E-state index in [9.17, 15) is 10.1 Å². The number of nitrogens with zero attached hydrogens (tertiary/aromatic N) is 1. The second-order valence-corrected chi connectivity index (χ2v) is 5.47. The zero-order valence-corrected chi connectivity index (χ0v) is 12.6. The molecule has 0 aliphatic heterocycles. The number of ether oxygens (including phenoxy) is 1. The largest absolute Gasteiger partial charge is 0.482 e. The van der Waals surface area contributed by atoms with Crippen LogP contribution >= 0.6 is 34.2 Å². The highest BCUT2D eigenvalue weighted by atomic mass is 127. The van der Waals surface area contributed by atoms with Crippen LogP contribution in [0.3, 0.4) is 0 Å². The molecule has 0 fully saturated rings. The number of nitro benzene ring substituents is 1. The van der Waals surface area contributed by atoms with Gasteiger partial charge in [-0.05, 0) is 52.4 Å². The van der Waals surface area contributed by atoms with Gasteiger partial charge in [-0.1, -0.05) is 23.7 Å². The van der Waals surface area contributed by atoms with Crippen molar-refractivity contribution in [1.29, 1.82) is 0 Å². The van der Waals surface area contributed by atoms with Crippen LogP contribution in [0.4, 0.5) is 5.69 Å². The molecule has 0 saturated heterocycles. The Bertz CT molecular complexity index is 601. The molecule has 98 valence electrons. The first kappa shape index (κ1) is 14.1. The number of hydrogen-bond acceptors (Lipinski definition) is 3. The summed E-state index contributed by atoms with van der Waals surface area (Å²) in [4.78, 5) is 10.4. The number of halogens is 2. The molecule has 0 aliphatic carbocycles. The summed E-state index contributed by atoms with van der Waals surface area (Å²) >= 11 is 7.94. The van der Waals surface area contributed by atoms with E-state index in [0.717, 1.165) is 9.13 Å². The Balaban J connectivity index is 2.15. The summed E-state index contributed by atoms with van der Waals surface area (Å²) in [6.45, 7) is 0.277. The minimum atomic E-state index is -0.505. The van der Waals surface area contributed by atoms with E-state index in [-0.39, 0.29) is 18.0 Å². The first-order chi connectivity index (χ1) is 9.06. The molecule has 0 aliphatic rings. The van der Waals surface area contributed by atoms with Crippen molar-refractivity contribution in [3.05, 3.63) is 66.7 Å². The third-order valence-electron chi connectivity index (χ3n) is 2.43. The normalized spacial score (nSPS) is 10.2. The van der Waals surface area contributed by atoms with Crippen molar-refractivity contribution in [1.82, 2.24) is 0 Å². The van der Waals surface area contributed by atoms with Gasteiger partial charge in [-0.3, -0.25) is 10.1 Å². The van der Waals surface area contributed by atoms with Crippen LogP contribution in [0.25, 0.3) is 0 Å². The fourth-order valence-corrected chi connectivity index (χ4v) is 2.02. The number of nitro groups is 1. The Kier molecular flexibility index (Phi) is 4.60. The van der Waals surface area contributed by atoms with Gasteiger partial charge >= 0.3 is 5.69 Å². The Morgan fingerprint density at radius 3 is 2.53 bits per heavy atom. The van der Waals surface area contributed by atoms with Gasteiger partial charge in [-0.25, -0.2) is 0 Å². The van der Waals surface area contributed by atoms with Crippen molar-refractivity contribution >= 4 is 39.9 Å². The molecule has 0 aromatic heterocycles. The lowest BCUT2D eigenvalue weighted by Gasteiger charge is -2.07. The predicted octanol–water partition coefficient (Wildman–Crippen LogP) is 4.43. The van der Waals surface area contributed by atoms with E-state index in [2.05, 4.69) is 22.6 Å². The summed E-state index contributed by atoms with van der Waals surface area (Å²) in [5.41, 5.74) is 0.822. The first-order valence-electron chi connectivity index (χ1n) is 5.37. The first-order valence-corrected chi connectivity index (χ1v) is 6.83. The van der Waals surface area contributed by atoms with Gasteiger partial charge in [0, 0.05) is 14.7 Å². The maximum Gasteiger partial charge on any atom is 0.312 e. The van der Waals surface area contributed by atoms with Gasteiger partial charge in [-0.2, -0.15) is 0 Å². The standard InChI is InChI=1S/C13H9ClINO3/c14-10-3-6-13(12(7-10)16(17)18)19-8-9-1-4-11(15)5-2-9/h1-7H,8H2. The summed E-state index contributed by atoms with van der Waals surface area (Å²) in [6, 6.07) is 12.1. The second kappa shape index (κ2) is 6.21. The molecule has 0 amide bonds.